The van der Waals surface area contributed by atoms with Gasteiger partial charge in [-0.1, -0.05) is 6.42 Å². The SMILES string of the molecule is CN(C(=O)C1CCC1)N(Cc1ccc(C(F)(F)F)nn1)C(=O)c1cc2c(cc1F)nc(N)c1cnn(C)c12. The van der Waals surface area contributed by atoms with Crippen molar-refractivity contribution in [3.8, 4) is 0 Å². The number of rotatable bonds is 4. The van der Waals surface area contributed by atoms with E-state index in [4.69, 9.17) is 5.73 Å². The molecule has 38 heavy (non-hydrogen) atoms. The first kappa shape index (κ1) is 25.3. The highest BCUT2D eigenvalue weighted by Crippen LogP contribution is 2.32. The van der Waals surface area contributed by atoms with Gasteiger partial charge in [0.25, 0.3) is 5.91 Å². The largest absolute Gasteiger partial charge is 0.435 e. The number of amides is 2. The minimum atomic E-state index is -4.69. The van der Waals surface area contributed by atoms with Crippen LogP contribution in [-0.2, 0) is 24.6 Å². The third-order valence-corrected chi connectivity index (χ3v) is 6.72. The number of aromatic nitrogens is 5. The molecule has 0 aliphatic heterocycles. The molecule has 0 spiro atoms. The summed E-state index contributed by atoms with van der Waals surface area (Å²) < 4.78 is 55.6. The number of anilines is 1. The van der Waals surface area contributed by atoms with Gasteiger partial charge in [-0.2, -0.15) is 23.4 Å². The number of alkyl halides is 3. The summed E-state index contributed by atoms with van der Waals surface area (Å²) in [5, 5.41) is 13.9. The summed E-state index contributed by atoms with van der Waals surface area (Å²) in [4.78, 5) is 31.0. The van der Waals surface area contributed by atoms with E-state index in [1.54, 1.807) is 7.05 Å². The number of hydrogen-bond acceptors (Lipinski definition) is 7. The lowest BCUT2D eigenvalue weighted by Gasteiger charge is -2.36. The molecule has 1 aliphatic rings. The molecule has 0 bridgehead atoms. The van der Waals surface area contributed by atoms with Crippen LogP contribution >= 0.6 is 0 Å². The molecule has 5 rings (SSSR count). The van der Waals surface area contributed by atoms with Gasteiger partial charge >= 0.3 is 6.18 Å². The highest BCUT2D eigenvalue weighted by Gasteiger charge is 2.35. The van der Waals surface area contributed by atoms with E-state index in [2.05, 4.69) is 20.3 Å². The molecule has 3 heterocycles. The third kappa shape index (κ3) is 4.35. The number of carbonyl (C=O) groups excluding carboxylic acids is 2. The number of hydrazine groups is 1. The van der Waals surface area contributed by atoms with Gasteiger partial charge < -0.3 is 5.73 Å². The van der Waals surface area contributed by atoms with Gasteiger partial charge in [0, 0.05) is 31.5 Å². The van der Waals surface area contributed by atoms with Gasteiger partial charge in [0.05, 0.1) is 40.4 Å². The summed E-state index contributed by atoms with van der Waals surface area (Å²) in [6.07, 6.45) is -1.05. The Bertz CT molecular complexity index is 1560. The molecule has 0 atom stereocenters. The van der Waals surface area contributed by atoms with Crippen LogP contribution in [0.25, 0.3) is 21.8 Å². The minimum absolute atomic E-state index is 0.0238. The van der Waals surface area contributed by atoms with Crippen molar-refractivity contribution < 1.29 is 27.2 Å². The van der Waals surface area contributed by atoms with Crippen molar-refractivity contribution in [1.29, 1.82) is 0 Å². The normalized spacial score (nSPS) is 14.1. The fourth-order valence-corrected chi connectivity index (χ4v) is 4.38. The van der Waals surface area contributed by atoms with Crippen LogP contribution in [0.4, 0.5) is 23.4 Å². The first-order valence-electron chi connectivity index (χ1n) is 11.6. The van der Waals surface area contributed by atoms with E-state index >= 15 is 4.39 Å². The Kier molecular flexibility index (Phi) is 6.12. The van der Waals surface area contributed by atoms with E-state index in [1.807, 2.05) is 0 Å². The van der Waals surface area contributed by atoms with Crippen LogP contribution in [-0.4, -0.2) is 53.8 Å². The Labute approximate surface area is 213 Å². The molecule has 0 radical (unpaired) electrons. The molecule has 10 nitrogen and oxygen atoms in total. The predicted octanol–water partition coefficient (Wildman–Crippen LogP) is 3.47. The van der Waals surface area contributed by atoms with Gasteiger partial charge in [-0.25, -0.2) is 14.4 Å². The van der Waals surface area contributed by atoms with Gasteiger partial charge in [-0.15, -0.1) is 5.10 Å². The summed E-state index contributed by atoms with van der Waals surface area (Å²) in [6.45, 7) is -0.419. The number of nitrogens with zero attached hydrogens (tertiary/aromatic N) is 7. The van der Waals surface area contributed by atoms with Crippen LogP contribution in [0.3, 0.4) is 0 Å². The second kappa shape index (κ2) is 9.19. The van der Waals surface area contributed by atoms with E-state index in [1.165, 1.54) is 24.0 Å². The van der Waals surface area contributed by atoms with Crippen LogP contribution in [0.15, 0.2) is 30.5 Å². The first-order chi connectivity index (χ1) is 18.0. The Morgan fingerprint density at radius 1 is 1.16 bits per heavy atom. The van der Waals surface area contributed by atoms with Crippen molar-refractivity contribution in [1.82, 2.24) is 35.0 Å². The third-order valence-electron chi connectivity index (χ3n) is 6.72. The molecule has 1 aliphatic carbocycles. The molecule has 198 valence electrons. The van der Waals surface area contributed by atoms with E-state index < -0.39 is 30.1 Å². The van der Waals surface area contributed by atoms with Gasteiger partial charge in [-0.05, 0) is 31.0 Å². The van der Waals surface area contributed by atoms with Crippen LogP contribution in [0.5, 0.6) is 0 Å². The van der Waals surface area contributed by atoms with Crippen molar-refractivity contribution in [3.63, 3.8) is 0 Å². The lowest BCUT2D eigenvalue weighted by atomic mass is 9.85. The number of fused-ring (bicyclic) bond motifs is 3. The van der Waals surface area contributed by atoms with E-state index in [0.29, 0.717) is 29.1 Å². The van der Waals surface area contributed by atoms with Crippen molar-refractivity contribution in [2.45, 2.75) is 32.0 Å². The Balaban J connectivity index is 1.57. The fourth-order valence-electron chi connectivity index (χ4n) is 4.38. The summed E-state index contributed by atoms with van der Waals surface area (Å²) in [6, 6.07) is 4.15. The number of aryl methyl sites for hydroxylation is 1. The maximum atomic E-state index is 15.3. The first-order valence-corrected chi connectivity index (χ1v) is 11.6. The molecular weight excluding hydrogens is 508 g/mol. The second-order valence-corrected chi connectivity index (χ2v) is 9.14. The number of benzene rings is 1. The van der Waals surface area contributed by atoms with E-state index in [0.717, 1.165) is 34.6 Å². The molecule has 2 N–H and O–H groups in total. The molecule has 1 fully saturated rings. The quantitative estimate of drug-likeness (QED) is 0.317. The van der Waals surface area contributed by atoms with Crippen molar-refractivity contribution in [3.05, 3.63) is 53.2 Å². The smallest absolute Gasteiger partial charge is 0.383 e. The van der Waals surface area contributed by atoms with Gasteiger partial charge in [0.1, 0.15) is 11.6 Å². The molecule has 14 heteroatoms. The van der Waals surface area contributed by atoms with E-state index in [-0.39, 0.29) is 34.4 Å². The maximum Gasteiger partial charge on any atom is 0.435 e. The van der Waals surface area contributed by atoms with Crippen molar-refractivity contribution in [2.75, 3.05) is 12.8 Å². The molecule has 0 saturated heterocycles. The lowest BCUT2D eigenvalue weighted by Crippen LogP contribution is -2.50. The molecular formula is C24H22F4N8O2. The number of halogens is 4. The maximum absolute atomic E-state index is 15.3. The summed E-state index contributed by atoms with van der Waals surface area (Å²) in [5.74, 6) is -2.34. The average Bonchev–Trinajstić information content (AvgIpc) is 3.22. The number of carbonyl (C=O) groups is 2. The lowest BCUT2D eigenvalue weighted by molar-refractivity contribution is -0.150. The monoisotopic (exact) mass is 530 g/mol. The minimum Gasteiger partial charge on any atom is -0.383 e. The number of nitrogen functional groups attached to an aromatic ring is 1. The van der Waals surface area contributed by atoms with Crippen LogP contribution in [0.1, 0.15) is 41.0 Å². The number of hydrogen-bond donors (Lipinski definition) is 1. The zero-order valence-electron chi connectivity index (χ0n) is 20.3. The van der Waals surface area contributed by atoms with Gasteiger partial charge in [0.15, 0.2) is 5.69 Å². The van der Waals surface area contributed by atoms with Crippen molar-refractivity contribution in [2.24, 2.45) is 13.0 Å². The zero-order chi connectivity index (χ0) is 27.4. The number of nitrogens with two attached hydrogens (primary N) is 1. The average molecular weight is 530 g/mol. The topological polar surface area (TPSA) is 123 Å². The fraction of sp³-hybridized carbons (Fsp3) is 0.333. The number of pyridine rings is 1. The molecule has 2 amide bonds. The standard InChI is InChI=1S/C24H22F4N8O2/c1-34-20-15-8-14(17(25)9-18(15)31-21(29)16(20)10-30-34)23(38)36(35(2)22(37)12-4-3-5-12)11-13-6-7-19(33-32-13)24(26,27)28/h6-10,12H,3-5,11H2,1-2H3,(H2,29,31). The highest BCUT2D eigenvalue weighted by atomic mass is 19.4. The predicted molar refractivity (Wildman–Crippen MR) is 127 cm³/mol. The van der Waals surface area contributed by atoms with Gasteiger partial charge in [-0.3, -0.25) is 19.3 Å². The summed E-state index contributed by atoms with van der Waals surface area (Å²) >= 11 is 0. The molecule has 0 unspecified atom stereocenters. The Morgan fingerprint density at radius 2 is 1.89 bits per heavy atom. The zero-order valence-corrected chi connectivity index (χ0v) is 20.3. The molecule has 1 aromatic carbocycles. The summed E-state index contributed by atoms with van der Waals surface area (Å²) in [5.41, 5.74) is 5.11. The molecule has 1 saturated carbocycles. The van der Waals surface area contributed by atoms with Crippen LogP contribution in [0.2, 0.25) is 0 Å². The van der Waals surface area contributed by atoms with E-state index in [9.17, 15) is 22.8 Å². The molecule has 4 aromatic rings. The van der Waals surface area contributed by atoms with Crippen molar-refractivity contribution >= 4 is 39.4 Å². The molecule has 3 aromatic heterocycles. The van der Waals surface area contributed by atoms with Crippen LogP contribution < -0.4 is 5.73 Å². The Hall–Kier alpha value is -4.36. The van der Waals surface area contributed by atoms with Crippen LogP contribution in [0, 0.1) is 11.7 Å². The highest BCUT2D eigenvalue weighted by molar-refractivity contribution is 6.10. The Morgan fingerprint density at radius 3 is 2.50 bits per heavy atom. The van der Waals surface area contributed by atoms with Gasteiger partial charge in [0.2, 0.25) is 5.91 Å². The second-order valence-electron chi connectivity index (χ2n) is 9.14. The summed E-state index contributed by atoms with van der Waals surface area (Å²) in [7, 11) is 3.02.